The van der Waals surface area contributed by atoms with Gasteiger partial charge in [0.2, 0.25) is 0 Å². The molecular weight excluding hydrogens is 332 g/mol. The summed E-state index contributed by atoms with van der Waals surface area (Å²) in [5.74, 6) is 0.300. The number of aromatic nitrogens is 1. The second-order valence-electron chi connectivity index (χ2n) is 6.30. The Morgan fingerprint density at radius 3 is 2.46 bits per heavy atom. The fourth-order valence-electron chi connectivity index (χ4n) is 2.83. The summed E-state index contributed by atoms with van der Waals surface area (Å²) in [7, 11) is 3.21. The van der Waals surface area contributed by atoms with Crippen LogP contribution < -0.4 is 4.74 Å². The zero-order valence-corrected chi connectivity index (χ0v) is 16.0. The lowest BCUT2D eigenvalue weighted by molar-refractivity contribution is 0.0599. The van der Waals surface area contributed by atoms with Gasteiger partial charge in [0.25, 0.3) is 0 Å². The Hall–Kier alpha value is -2.60. The molecule has 0 amide bonds. The molecule has 1 heterocycles. The molecule has 6 nitrogen and oxygen atoms in total. The molecule has 2 aromatic rings. The Morgan fingerprint density at radius 2 is 1.85 bits per heavy atom. The molecule has 0 fully saturated rings. The highest BCUT2D eigenvalue weighted by Gasteiger charge is 2.27. The van der Waals surface area contributed by atoms with Crippen LogP contribution in [0.15, 0.2) is 30.3 Å². The van der Waals surface area contributed by atoms with E-state index in [-0.39, 0.29) is 11.8 Å². The highest BCUT2D eigenvalue weighted by atomic mass is 16.5. The third kappa shape index (κ3) is 4.32. The smallest absolute Gasteiger partial charge is 0.339 e. The summed E-state index contributed by atoms with van der Waals surface area (Å²) in [5, 5.41) is 0. The van der Waals surface area contributed by atoms with E-state index in [9.17, 15) is 9.59 Å². The molecule has 1 N–H and O–H groups in total. The summed E-state index contributed by atoms with van der Waals surface area (Å²) in [6, 6.07) is 9.21. The van der Waals surface area contributed by atoms with Crippen molar-refractivity contribution in [1.82, 2.24) is 9.88 Å². The fraction of sp³-hybridized carbons (Fsp3) is 0.400. The molecule has 1 atom stereocenters. The van der Waals surface area contributed by atoms with E-state index in [1.54, 1.807) is 13.8 Å². The molecule has 0 radical (unpaired) electrons. The summed E-state index contributed by atoms with van der Waals surface area (Å²) in [4.78, 5) is 29.7. The van der Waals surface area contributed by atoms with Gasteiger partial charge in [-0.05, 0) is 45.5 Å². The summed E-state index contributed by atoms with van der Waals surface area (Å²) in [5.41, 5.74) is 2.14. The highest BCUT2D eigenvalue weighted by Crippen LogP contribution is 2.21. The molecule has 0 saturated carbocycles. The van der Waals surface area contributed by atoms with Gasteiger partial charge in [-0.25, -0.2) is 4.79 Å². The molecule has 0 spiro atoms. The second kappa shape index (κ2) is 8.67. The predicted octanol–water partition coefficient (Wildman–Crippen LogP) is 3.00. The highest BCUT2D eigenvalue weighted by molar-refractivity contribution is 6.03. The van der Waals surface area contributed by atoms with E-state index >= 15 is 0 Å². The summed E-state index contributed by atoms with van der Waals surface area (Å²) >= 11 is 0. The number of ether oxygens (including phenoxy) is 2. The minimum absolute atomic E-state index is 0.0667. The molecule has 1 aromatic carbocycles. The van der Waals surface area contributed by atoms with Crippen molar-refractivity contribution in [3.63, 3.8) is 0 Å². The Kier molecular flexibility index (Phi) is 6.58. The van der Waals surface area contributed by atoms with E-state index in [1.165, 1.54) is 7.11 Å². The van der Waals surface area contributed by atoms with Crippen molar-refractivity contribution < 1.29 is 19.1 Å². The number of rotatable bonds is 8. The number of nitrogens with zero attached hydrogens (tertiary/aromatic N) is 1. The van der Waals surface area contributed by atoms with Crippen molar-refractivity contribution in [2.75, 3.05) is 27.3 Å². The number of aromatic amines is 1. The van der Waals surface area contributed by atoms with Crippen molar-refractivity contribution in [1.29, 1.82) is 0 Å². The van der Waals surface area contributed by atoms with Gasteiger partial charge < -0.3 is 14.5 Å². The number of nitrogens with one attached hydrogen (secondary N) is 1. The van der Waals surface area contributed by atoms with Crippen LogP contribution in [-0.2, 0) is 4.74 Å². The predicted molar refractivity (Wildman–Crippen MR) is 100.0 cm³/mol. The average Bonchev–Trinajstić information content (AvgIpc) is 2.94. The fourth-order valence-corrected chi connectivity index (χ4v) is 2.83. The van der Waals surface area contributed by atoms with Crippen LogP contribution in [0.1, 0.15) is 39.0 Å². The van der Waals surface area contributed by atoms with Crippen molar-refractivity contribution in [3.8, 4) is 5.75 Å². The summed E-state index contributed by atoms with van der Waals surface area (Å²) in [6.07, 6.45) is 0. The van der Waals surface area contributed by atoms with Crippen LogP contribution in [0, 0.1) is 13.8 Å². The van der Waals surface area contributed by atoms with E-state index in [1.807, 2.05) is 49.2 Å². The molecule has 0 aliphatic heterocycles. The number of carbonyl (C=O) groups is 2. The number of methoxy groups -OCH3 is 1. The number of hydrogen-bond acceptors (Lipinski definition) is 5. The lowest BCUT2D eigenvalue weighted by Gasteiger charge is -2.23. The van der Waals surface area contributed by atoms with Gasteiger partial charge in [-0.2, -0.15) is 0 Å². The molecule has 2 rings (SSSR count). The molecule has 0 aliphatic carbocycles. The SMILES string of the molecule is COC(=O)c1c(C)[nH]c(C(=O)C(C)N(C)CCOc2ccccc2)c1C. The van der Waals surface area contributed by atoms with Gasteiger partial charge in [-0.3, -0.25) is 9.69 Å². The molecule has 1 aromatic heterocycles. The molecule has 0 bridgehead atoms. The molecular formula is C20H26N2O4. The molecule has 0 saturated heterocycles. The van der Waals surface area contributed by atoms with E-state index in [0.29, 0.717) is 35.7 Å². The molecule has 6 heteroatoms. The van der Waals surface area contributed by atoms with Crippen molar-refractivity contribution in [2.45, 2.75) is 26.8 Å². The monoisotopic (exact) mass is 358 g/mol. The second-order valence-corrected chi connectivity index (χ2v) is 6.30. The van der Waals surface area contributed by atoms with Crippen LogP contribution in [0.2, 0.25) is 0 Å². The number of hydrogen-bond donors (Lipinski definition) is 1. The van der Waals surface area contributed by atoms with Crippen LogP contribution >= 0.6 is 0 Å². The number of carbonyl (C=O) groups excluding carboxylic acids is 2. The van der Waals surface area contributed by atoms with E-state index in [0.717, 1.165) is 5.75 Å². The molecule has 0 aliphatic rings. The van der Waals surface area contributed by atoms with E-state index in [4.69, 9.17) is 9.47 Å². The summed E-state index contributed by atoms with van der Waals surface area (Å²) in [6.45, 7) is 6.45. The first-order valence-corrected chi connectivity index (χ1v) is 8.56. The Balaban J connectivity index is 2.01. The number of likely N-dealkylation sites (N-methyl/N-ethyl adjacent to an activating group) is 1. The first-order chi connectivity index (χ1) is 12.4. The maximum absolute atomic E-state index is 12.9. The van der Waals surface area contributed by atoms with Gasteiger partial charge >= 0.3 is 5.97 Å². The minimum atomic E-state index is -0.437. The van der Waals surface area contributed by atoms with Crippen molar-refractivity contribution in [3.05, 3.63) is 52.8 Å². The normalized spacial score (nSPS) is 12.1. The van der Waals surface area contributed by atoms with Gasteiger partial charge in [0.05, 0.1) is 24.4 Å². The zero-order valence-electron chi connectivity index (χ0n) is 16.0. The summed E-state index contributed by atoms with van der Waals surface area (Å²) < 4.78 is 10.5. The lowest BCUT2D eigenvalue weighted by Crippen LogP contribution is -2.38. The number of H-pyrrole nitrogens is 1. The number of ketones is 1. The lowest BCUT2D eigenvalue weighted by atomic mass is 10.0. The van der Waals surface area contributed by atoms with Gasteiger partial charge in [0.15, 0.2) is 5.78 Å². The van der Waals surface area contributed by atoms with E-state index < -0.39 is 5.97 Å². The van der Waals surface area contributed by atoms with Crippen LogP contribution in [0.5, 0.6) is 5.75 Å². The third-order valence-electron chi connectivity index (χ3n) is 4.57. The van der Waals surface area contributed by atoms with Crippen molar-refractivity contribution in [2.24, 2.45) is 0 Å². The number of para-hydroxylation sites is 1. The Bertz CT molecular complexity index is 768. The Labute approximate surface area is 154 Å². The number of aryl methyl sites for hydroxylation is 1. The first kappa shape index (κ1) is 19.7. The minimum Gasteiger partial charge on any atom is -0.492 e. The largest absolute Gasteiger partial charge is 0.492 e. The van der Waals surface area contributed by atoms with Gasteiger partial charge in [-0.15, -0.1) is 0 Å². The maximum atomic E-state index is 12.9. The van der Waals surface area contributed by atoms with Crippen molar-refractivity contribution >= 4 is 11.8 Å². The quantitative estimate of drug-likeness (QED) is 0.580. The number of Topliss-reactive ketones (excluding diaryl/α,β-unsaturated/α-hetero) is 1. The van der Waals surface area contributed by atoms with Crippen LogP contribution in [0.25, 0.3) is 0 Å². The van der Waals surface area contributed by atoms with Gasteiger partial charge in [0, 0.05) is 12.2 Å². The zero-order chi connectivity index (χ0) is 19.3. The average molecular weight is 358 g/mol. The third-order valence-corrected chi connectivity index (χ3v) is 4.57. The molecule has 26 heavy (non-hydrogen) atoms. The first-order valence-electron chi connectivity index (χ1n) is 8.56. The standard InChI is InChI=1S/C20H26N2O4/c1-13-17(20(24)25-5)14(2)21-18(13)19(23)15(3)22(4)11-12-26-16-9-7-6-8-10-16/h6-10,15,21H,11-12H2,1-5H3. The molecule has 140 valence electrons. The topological polar surface area (TPSA) is 71.6 Å². The number of esters is 1. The van der Waals surface area contributed by atoms with Gasteiger partial charge in [-0.1, -0.05) is 18.2 Å². The van der Waals surface area contributed by atoms with E-state index in [2.05, 4.69) is 4.98 Å². The van der Waals surface area contributed by atoms with Crippen LogP contribution in [0.4, 0.5) is 0 Å². The Morgan fingerprint density at radius 1 is 1.19 bits per heavy atom. The number of benzene rings is 1. The van der Waals surface area contributed by atoms with Gasteiger partial charge in [0.1, 0.15) is 12.4 Å². The maximum Gasteiger partial charge on any atom is 0.339 e. The molecule has 1 unspecified atom stereocenters. The van der Waals surface area contributed by atoms with Crippen LogP contribution in [0.3, 0.4) is 0 Å². The van der Waals surface area contributed by atoms with Crippen LogP contribution in [-0.4, -0.2) is 55.0 Å².